The minimum Gasteiger partial charge on any atom is -0.530 e. The number of fused-ring (bicyclic) bond motifs is 1. The number of carbonyl (C=O) groups is 2. The highest BCUT2D eigenvalue weighted by molar-refractivity contribution is 5.82. The summed E-state index contributed by atoms with van der Waals surface area (Å²) in [7, 11) is 0. The molecule has 2 atom stereocenters. The van der Waals surface area contributed by atoms with Gasteiger partial charge in [-0.25, -0.2) is 0 Å². The highest BCUT2D eigenvalue weighted by Crippen LogP contribution is 2.33. The van der Waals surface area contributed by atoms with Gasteiger partial charge in [-0.15, -0.1) is 0 Å². The zero-order valence-electron chi connectivity index (χ0n) is 8.74. The van der Waals surface area contributed by atoms with Gasteiger partial charge in [-0.05, 0) is 6.42 Å². The van der Waals surface area contributed by atoms with Gasteiger partial charge >= 0.3 is 12.1 Å². The first-order chi connectivity index (χ1) is 7.80. The molecule has 0 aromatic carbocycles. The molecule has 2 heterocycles. The molecule has 17 heavy (non-hydrogen) atoms. The Balaban J connectivity index is 2.06. The summed E-state index contributed by atoms with van der Waals surface area (Å²) in [5.41, 5.74) is 0. The Hall–Kier alpha value is -1.47. The summed E-state index contributed by atoms with van der Waals surface area (Å²) >= 11 is 0. The molecule has 96 valence electrons. The van der Waals surface area contributed by atoms with Crippen LogP contribution in [0.2, 0.25) is 0 Å². The SMILES string of the molecule is O=C([O-])N1CC[C@H]2CN(C(=O)C(F)(F)F)C[C@H]21. The summed E-state index contributed by atoms with van der Waals surface area (Å²) in [4.78, 5) is 23.4. The van der Waals surface area contributed by atoms with Crippen molar-refractivity contribution in [1.29, 1.82) is 0 Å². The zero-order valence-corrected chi connectivity index (χ0v) is 8.74. The third kappa shape index (κ3) is 2.03. The van der Waals surface area contributed by atoms with Crippen molar-refractivity contribution in [3.63, 3.8) is 0 Å². The summed E-state index contributed by atoms with van der Waals surface area (Å²) in [6.45, 7) is 0.0372. The summed E-state index contributed by atoms with van der Waals surface area (Å²) in [5.74, 6) is -2.11. The second-order valence-electron chi connectivity index (χ2n) is 4.28. The zero-order chi connectivity index (χ0) is 12.8. The van der Waals surface area contributed by atoms with Crippen molar-refractivity contribution in [2.75, 3.05) is 19.6 Å². The molecule has 0 radical (unpaired) electrons. The number of halogens is 3. The highest BCUT2D eigenvalue weighted by Gasteiger charge is 2.49. The van der Waals surface area contributed by atoms with Crippen LogP contribution in [0.5, 0.6) is 0 Å². The van der Waals surface area contributed by atoms with Gasteiger partial charge in [-0.1, -0.05) is 0 Å². The van der Waals surface area contributed by atoms with E-state index in [1.807, 2.05) is 0 Å². The summed E-state index contributed by atoms with van der Waals surface area (Å²) < 4.78 is 36.6. The van der Waals surface area contributed by atoms with Gasteiger partial charge in [0.2, 0.25) is 0 Å². The lowest BCUT2D eigenvalue weighted by molar-refractivity contribution is -0.266. The van der Waals surface area contributed by atoms with E-state index in [9.17, 15) is 27.9 Å². The fourth-order valence-electron chi connectivity index (χ4n) is 2.53. The Morgan fingerprint density at radius 3 is 2.41 bits per heavy atom. The van der Waals surface area contributed by atoms with Crippen molar-refractivity contribution in [2.24, 2.45) is 5.92 Å². The molecule has 2 fully saturated rings. The molecule has 8 heteroatoms. The number of nitrogens with zero attached hydrogens (tertiary/aromatic N) is 2. The fraction of sp³-hybridized carbons (Fsp3) is 0.778. The minimum absolute atomic E-state index is 0.0349. The van der Waals surface area contributed by atoms with E-state index >= 15 is 0 Å². The molecule has 0 aromatic heterocycles. The van der Waals surface area contributed by atoms with E-state index in [1.54, 1.807) is 0 Å². The third-order valence-corrected chi connectivity index (χ3v) is 3.31. The Morgan fingerprint density at radius 2 is 1.88 bits per heavy atom. The quantitative estimate of drug-likeness (QED) is 0.579. The van der Waals surface area contributed by atoms with Gasteiger partial charge in [-0.2, -0.15) is 13.2 Å². The predicted molar refractivity (Wildman–Crippen MR) is 46.6 cm³/mol. The molecule has 2 aliphatic heterocycles. The monoisotopic (exact) mass is 251 g/mol. The van der Waals surface area contributed by atoms with E-state index in [4.69, 9.17) is 0 Å². The first kappa shape index (κ1) is 12.0. The van der Waals surface area contributed by atoms with Crippen LogP contribution in [0, 0.1) is 5.92 Å². The number of hydrogen-bond donors (Lipinski definition) is 0. The number of carboxylic acid groups (broad SMARTS) is 1. The molecule has 0 saturated carbocycles. The average molecular weight is 251 g/mol. The van der Waals surface area contributed by atoms with Crippen LogP contribution in [0.25, 0.3) is 0 Å². The van der Waals surface area contributed by atoms with Gasteiger partial charge in [0.1, 0.15) is 6.09 Å². The van der Waals surface area contributed by atoms with Crippen LogP contribution in [-0.4, -0.2) is 53.7 Å². The second kappa shape index (κ2) is 3.78. The number of carbonyl (C=O) groups excluding carboxylic acids is 2. The third-order valence-electron chi connectivity index (χ3n) is 3.31. The number of amides is 2. The van der Waals surface area contributed by atoms with Crippen LogP contribution in [0.3, 0.4) is 0 Å². The molecule has 0 spiro atoms. The molecule has 0 N–H and O–H groups in total. The average Bonchev–Trinajstić information content (AvgIpc) is 2.71. The lowest BCUT2D eigenvalue weighted by Gasteiger charge is -2.27. The largest absolute Gasteiger partial charge is 0.530 e. The fourth-order valence-corrected chi connectivity index (χ4v) is 2.53. The van der Waals surface area contributed by atoms with Gasteiger partial charge < -0.3 is 19.7 Å². The van der Waals surface area contributed by atoms with Crippen LogP contribution < -0.4 is 5.11 Å². The van der Waals surface area contributed by atoms with Gasteiger partial charge in [0, 0.05) is 25.6 Å². The van der Waals surface area contributed by atoms with Crippen molar-refractivity contribution < 1.29 is 27.9 Å². The van der Waals surface area contributed by atoms with Crippen molar-refractivity contribution >= 4 is 12.0 Å². The van der Waals surface area contributed by atoms with Crippen LogP contribution in [-0.2, 0) is 4.79 Å². The Labute approximate surface area is 94.8 Å². The Bertz CT molecular complexity index is 358. The molecule has 2 aliphatic rings. The van der Waals surface area contributed by atoms with Crippen molar-refractivity contribution in [3.05, 3.63) is 0 Å². The standard InChI is InChI=1S/C9H11F3N2O3/c10-9(11,12)7(15)13-3-5-1-2-14(8(16)17)6(5)4-13/h5-6H,1-4H2,(H,16,17)/p-1/t5-,6+/m0/s1. The Morgan fingerprint density at radius 1 is 1.24 bits per heavy atom. The second-order valence-corrected chi connectivity index (χ2v) is 4.28. The van der Waals surface area contributed by atoms with Crippen LogP contribution >= 0.6 is 0 Å². The van der Waals surface area contributed by atoms with Crippen LogP contribution in [0.15, 0.2) is 0 Å². The number of likely N-dealkylation sites (tertiary alicyclic amines) is 2. The van der Waals surface area contributed by atoms with Crippen LogP contribution in [0.4, 0.5) is 18.0 Å². The first-order valence-electron chi connectivity index (χ1n) is 5.14. The van der Waals surface area contributed by atoms with Crippen LogP contribution in [0.1, 0.15) is 6.42 Å². The lowest BCUT2D eigenvalue weighted by Crippen LogP contribution is -2.48. The van der Waals surface area contributed by atoms with Gasteiger partial charge in [-0.3, -0.25) is 4.79 Å². The lowest BCUT2D eigenvalue weighted by atomic mass is 10.1. The molecule has 2 rings (SSSR count). The molecular formula is C9H10F3N2O3-. The molecule has 2 saturated heterocycles. The number of alkyl halides is 3. The van der Waals surface area contributed by atoms with E-state index in [2.05, 4.69) is 0 Å². The van der Waals surface area contributed by atoms with E-state index < -0.39 is 24.2 Å². The minimum atomic E-state index is -4.90. The molecule has 0 bridgehead atoms. The number of hydrogen-bond acceptors (Lipinski definition) is 3. The highest BCUT2D eigenvalue weighted by atomic mass is 19.4. The summed E-state index contributed by atoms with van der Waals surface area (Å²) in [6.07, 6.45) is -5.82. The molecule has 0 aromatic rings. The van der Waals surface area contributed by atoms with E-state index in [0.29, 0.717) is 11.3 Å². The molecular weight excluding hydrogens is 241 g/mol. The first-order valence-corrected chi connectivity index (χ1v) is 5.14. The normalized spacial score (nSPS) is 28.4. The van der Waals surface area contributed by atoms with Gasteiger partial charge in [0.15, 0.2) is 0 Å². The van der Waals surface area contributed by atoms with E-state index in [1.165, 1.54) is 0 Å². The molecule has 2 amide bonds. The van der Waals surface area contributed by atoms with Gasteiger partial charge in [0.05, 0.1) is 6.04 Å². The summed E-state index contributed by atoms with van der Waals surface area (Å²) in [6, 6.07) is -0.550. The van der Waals surface area contributed by atoms with Crippen molar-refractivity contribution in [1.82, 2.24) is 9.80 Å². The topological polar surface area (TPSA) is 63.7 Å². The maximum Gasteiger partial charge on any atom is 0.471 e. The van der Waals surface area contributed by atoms with E-state index in [0.717, 1.165) is 4.90 Å². The molecule has 5 nitrogen and oxygen atoms in total. The molecule has 0 unspecified atom stereocenters. The maximum atomic E-state index is 12.2. The Kier molecular flexibility index (Phi) is 2.67. The van der Waals surface area contributed by atoms with Crippen molar-refractivity contribution in [3.8, 4) is 0 Å². The molecule has 0 aliphatic carbocycles. The maximum absolute atomic E-state index is 12.2. The number of rotatable bonds is 0. The smallest absolute Gasteiger partial charge is 0.471 e. The van der Waals surface area contributed by atoms with Gasteiger partial charge in [0.25, 0.3) is 0 Å². The van der Waals surface area contributed by atoms with Crippen molar-refractivity contribution in [2.45, 2.75) is 18.6 Å². The predicted octanol–water partition coefficient (Wildman–Crippen LogP) is -0.575. The summed E-state index contributed by atoms with van der Waals surface area (Å²) in [5, 5.41) is 10.7. The van der Waals surface area contributed by atoms with E-state index in [-0.39, 0.29) is 25.6 Å².